The van der Waals surface area contributed by atoms with Gasteiger partial charge in [-0.15, -0.1) is 0 Å². The van der Waals surface area contributed by atoms with Gasteiger partial charge in [-0.2, -0.15) is 0 Å². The number of anilines is 2. The molecule has 0 bridgehead atoms. The predicted molar refractivity (Wildman–Crippen MR) is 71.2 cm³/mol. The minimum Gasteiger partial charge on any atom is -0.340 e. The summed E-state index contributed by atoms with van der Waals surface area (Å²) >= 11 is 6.08. The van der Waals surface area contributed by atoms with Crippen LogP contribution in [0.3, 0.4) is 0 Å². The fourth-order valence-electron chi connectivity index (χ4n) is 1.73. The molecule has 90 valence electrons. The van der Waals surface area contributed by atoms with E-state index in [2.05, 4.69) is 25.3 Å². The van der Waals surface area contributed by atoms with Crippen LogP contribution in [0.25, 0.3) is 11.2 Å². The highest BCUT2D eigenvalue weighted by Crippen LogP contribution is 2.27. The lowest BCUT2D eigenvalue weighted by Gasteiger charge is -2.09. The summed E-state index contributed by atoms with van der Waals surface area (Å²) in [6, 6.07) is 5.70. The lowest BCUT2D eigenvalue weighted by molar-refractivity contribution is 1.19. The van der Waals surface area contributed by atoms with E-state index < -0.39 is 0 Å². The van der Waals surface area contributed by atoms with Gasteiger partial charge >= 0.3 is 0 Å². The van der Waals surface area contributed by atoms with Gasteiger partial charge in [-0.25, -0.2) is 15.0 Å². The molecule has 18 heavy (non-hydrogen) atoms. The summed E-state index contributed by atoms with van der Waals surface area (Å²) < 4.78 is 0. The minimum absolute atomic E-state index is 0.632. The number of hydrogen-bond acceptors (Lipinski definition) is 4. The largest absolute Gasteiger partial charge is 0.340 e. The van der Waals surface area contributed by atoms with Crippen LogP contribution in [0.15, 0.2) is 30.9 Å². The minimum atomic E-state index is 0.632. The highest BCUT2D eigenvalue weighted by atomic mass is 35.5. The van der Waals surface area contributed by atoms with Gasteiger partial charge in [-0.3, -0.25) is 0 Å². The van der Waals surface area contributed by atoms with Crippen molar-refractivity contribution in [3.63, 3.8) is 0 Å². The van der Waals surface area contributed by atoms with Crippen molar-refractivity contribution in [1.29, 1.82) is 0 Å². The van der Waals surface area contributed by atoms with E-state index in [9.17, 15) is 0 Å². The summed E-state index contributed by atoms with van der Waals surface area (Å²) in [5.74, 6) is 0.683. The summed E-state index contributed by atoms with van der Waals surface area (Å²) in [4.78, 5) is 15.4. The second-order valence-electron chi connectivity index (χ2n) is 3.86. The summed E-state index contributed by atoms with van der Waals surface area (Å²) in [7, 11) is 0. The van der Waals surface area contributed by atoms with Gasteiger partial charge in [-0.1, -0.05) is 17.7 Å². The van der Waals surface area contributed by atoms with Crippen LogP contribution >= 0.6 is 11.6 Å². The van der Waals surface area contributed by atoms with E-state index in [4.69, 9.17) is 11.6 Å². The molecule has 0 fully saturated rings. The maximum Gasteiger partial charge on any atom is 0.182 e. The zero-order chi connectivity index (χ0) is 12.5. The Labute approximate surface area is 108 Å². The molecule has 3 rings (SSSR count). The Kier molecular flexibility index (Phi) is 2.60. The third-order valence-electron chi connectivity index (χ3n) is 2.74. The fourth-order valence-corrected chi connectivity index (χ4v) is 1.90. The summed E-state index contributed by atoms with van der Waals surface area (Å²) in [5, 5.41) is 3.95. The van der Waals surface area contributed by atoms with Gasteiger partial charge in [-0.05, 0) is 24.6 Å². The first-order valence-corrected chi connectivity index (χ1v) is 5.80. The quantitative estimate of drug-likeness (QED) is 0.742. The number of nitrogens with one attached hydrogen (secondary N) is 2. The van der Waals surface area contributed by atoms with Crippen molar-refractivity contribution >= 4 is 34.3 Å². The first kappa shape index (κ1) is 11.0. The van der Waals surface area contributed by atoms with E-state index in [1.807, 2.05) is 25.1 Å². The fraction of sp³-hybridized carbons (Fsp3) is 0.0833. The molecule has 2 heterocycles. The molecule has 2 N–H and O–H groups in total. The Balaban J connectivity index is 2.06. The topological polar surface area (TPSA) is 66.5 Å². The lowest BCUT2D eigenvalue weighted by Crippen LogP contribution is -1.97. The second kappa shape index (κ2) is 4.27. The standard InChI is InChI=1S/C12H10ClN5/c1-7-8(13)3-2-4-9(7)18-12-10-11(15-5-14-10)16-6-17-12/h2-6H,1H3,(H2,14,15,16,17,18). The van der Waals surface area contributed by atoms with Crippen LogP contribution in [0.4, 0.5) is 11.5 Å². The Morgan fingerprint density at radius 1 is 1.22 bits per heavy atom. The highest BCUT2D eigenvalue weighted by Gasteiger charge is 2.08. The van der Waals surface area contributed by atoms with E-state index in [1.54, 1.807) is 6.33 Å². The first-order valence-electron chi connectivity index (χ1n) is 5.42. The molecule has 0 aliphatic heterocycles. The molecular formula is C12H10ClN5. The molecule has 6 heteroatoms. The van der Waals surface area contributed by atoms with Crippen LogP contribution in [-0.2, 0) is 0 Å². The second-order valence-corrected chi connectivity index (χ2v) is 4.27. The van der Waals surface area contributed by atoms with Crippen molar-refractivity contribution in [3.05, 3.63) is 41.4 Å². The molecule has 0 unspecified atom stereocenters. The number of H-pyrrole nitrogens is 1. The van der Waals surface area contributed by atoms with Gasteiger partial charge in [0.1, 0.15) is 11.8 Å². The van der Waals surface area contributed by atoms with Crippen molar-refractivity contribution in [2.45, 2.75) is 6.92 Å². The molecule has 0 aliphatic rings. The predicted octanol–water partition coefficient (Wildman–Crippen LogP) is 3.06. The molecular weight excluding hydrogens is 250 g/mol. The number of aromatic nitrogens is 4. The third kappa shape index (κ3) is 1.78. The zero-order valence-corrected chi connectivity index (χ0v) is 10.4. The van der Waals surface area contributed by atoms with Gasteiger partial charge < -0.3 is 10.3 Å². The van der Waals surface area contributed by atoms with E-state index in [0.29, 0.717) is 11.5 Å². The molecule has 3 aromatic rings. The van der Waals surface area contributed by atoms with Crippen molar-refractivity contribution in [3.8, 4) is 0 Å². The number of nitrogens with zero attached hydrogens (tertiary/aromatic N) is 3. The van der Waals surface area contributed by atoms with Gasteiger partial charge in [0, 0.05) is 10.7 Å². The van der Waals surface area contributed by atoms with Gasteiger partial charge in [0.05, 0.1) is 6.33 Å². The van der Waals surface area contributed by atoms with Gasteiger partial charge in [0.25, 0.3) is 0 Å². The van der Waals surface area contributed by atoms with Crippen molar-refractivity contribution < 1.29 is 0 Å². The number of halogens is 1. The van der Waals surface area contributed by atoms with Gasteiger partial charge in [0.15, 0.2) is 11.5 Å². The molecule has 5 nitrogen and oxygen atoms in total. The number of hydrogen-bond donors (Lipinski definition) is 2. The summed E-state index contributed by atoms with van der Waals surface area (Å²) in [6.45, 7) is 1.95. The third-order valence-corrected chi connectivity index (χ3v) is 3.15. The smallest absolute Gasteiger partial charge is 0.182 e. The molecule has 0 amide bonds. The van der Waals surface area contributed by atoms with E-state index >= 15 is 0 Å². The molecule has 0 spiro atoms. The monoisotopic (exact) mass is 259 g/mol. The molecule has 0 saturated carbocycles. The van der Waals surface area contributed by atoms with Crippen LogP contribution in [-0.4, -0.2) is 19.9 Å². The molecule has 0 aliphatic carbocycles. The van der Waals surface area contributed by atoms with E-state index in [-0.39, 0.29) is 0 Å². The number of benzene rings is 1. The van der Waals surface area contributed by atoms with Crippen molar-refractivity contribution in [2.75, 3.05) is 5.32 Å². The van der Waals surface area contributed by atoms with E-state index in [1.165, 1.54) is 6.33 Å². The number of imidazole rings is 1. The molecule has 0 radical (unpaired) electrons. The van der Waals surface area contributed by atoms with E-state index in [0.717, 1.165) is 21.8 Å². The van der Waals surface area contributed by atoms with Crippen LogP contribution in [0.2, 0.25) is 5.02 Å². The Morgan fingerprint density at radius 2 is 2.11 bits per heavy atom. The normalized spacial score (nSPS) is 10.8. The number of aromatic amines is 1. The van der Waals surface area contributed by atoms with Crippen LogP contribution in [0, 0.1) is 6.92 Å². The number of fused-ring (bicyclic) bond motifs is 1. The average Bonchev–Trinajstić information content (AvgIpc) is 2.84. The Bertz CT molecular complexity index is 707. The number of rotatable bonds is 2. The van der Waals surface area contributed by atoms with Crippen molar-refractivity contribution in [2.24, 2.45) is 0 Å². The molecule has 0 saturated heterocycles. The zero-order valence-electron chi connectivity index (χ0n) is 9.61. The Morgan fingerprint density at radius 3 is 3.00 bits per heavy atom. The Hall–Kier alpha value is -2.14. The maximum absolute atomic E-state index is 6.08. The highest BCUT2D eigenvalue weighted by molar-refractivity contribution is 6.31. The summed E-state index contributed by atoms with van der Waals surface area (Å²) in [6.07, 6.45) is 3.07. The first-order chi connectivity index (χ1) is 8.75. The van der Waals surface area contributed by atoms with Crippen LogP contribution < -0.4 is 5.32 Å². The molecule has 1 aromatic carbocycles. The average molecular weight is 260 g/mol. The summed E-state index contributed by atoms with van der Waals surface area (Å²) in [5.41, 5.74) is 3.30. The lowest BCUT2D eigenvalue weighted by atomic mass is 10.2. The molecule has 2 aromatic heterocycles. The van der Waals surface area contributed by atoms with Gasteiger partial charge in [0.2, 0.25) is 0 Å². The SMILES string of the molecule is Cc1c(Cl)cccc1Nc1ncnc2nc[nH]c12. The maximum atomic E-state index is 6.08. The van der Waals surface area contributed by atoms with Crippen LogP contribution in [0.1, 0.15) is 5.56 Å². The van der Waals surface area contributed by atoms with Crippen molar-refractivity contribution in [1.82, 2.24) is 19.9 Å². The van der Waals surface area contributed by atoms with Crippen LogP contribution in [0.5, 0.6) is 0 Å². The molecule has 0 atom stereocenters.